The number of benzene rings is 2. The first kappa shape index (κ1) is 14.6. The van der Waals surface area contributed by atoms with Crippen molar-refractivity contribution in [2.75, 3.05) is 0 Å². The molecule has 21 heavy (non-hydrogen) atoms. The number of hydrogen-bond acceptors (Lipinski definition) is 3. The molecule has 106 valence electrons. The zero-order valence-corrected chi connectivity index (χ0v) is 14.3. The molecule has 1 N–H and O–H groups in total. The fourth-order valence-electron chi connectivity index (χ4n) is 2.03. The van der Waals surface area contributed by atoms with Crippen molar-refractivity contribution >= 4 is 60.2 Å². The standard InChI is InChI=1S/C15H7Br2ClO3/c16-12-11(19)5-9-10(6-21-15(9)13(12)17)14(20)7-1-3-8(18)4-2-7/h1-6,19H. The first-order valence-electron chi connectivity index (χ1n) is 5.87. The third-order valence-electron chi connectivity index (χ3n) is 3.08. The van der Waals surface area contributed by atoms with E-state index in [2.05, 4.69) is 31.9 Å². The molecule has 0 spiro atoms. The van der Waals surface area contributed by atoms with Crippen LogP contribution in [0.1, 0.15) is 15.9 Å². The maximum absolute atomic E-state index is 12.5. The molecule has 0 saturated carbocycles. The zero-order valence-electron chi connectivity index (χ0n) is 10.4. The second-order valence-corrected chi connectivity index (χ2v) is 6.41. The van der Waals surface area contributed by atoms with E-state index in [1.165, 1.54) is 12.3 Å². The summed E-state index contributed by atoms with van der Waals surface area (Å²) in [4.78, 5) is 12.5. The van der Waals surface area contributed by atoms with Gasteiger partial charge in [-0.05, 0) is 62.2 Å². The van der Waals surface area contributed by atoms with E-state index >= 15 is 0 Å². The van der Waals surface area contributed by atoms with Gasteiger partial charge in [0.05, 0.1) is 14.5 Å². The second-order valence-electron chi connectivity index (χ2n) is 4.39. The van der Waals surface area contributed by atoms with Gasteiger partial charge >= 0.3 is 0 Å². The fourth-order valence-corrected chi connectivity index (χ4v) is 2.96. The van der Waals surface area contributed by atoms with E-state index in [0.717, 1.165) is 0 Å². The Bertz CT molecular complexity index is 853. The van der Waals surface area contributed by atoms with Crippen LogP contribution in [-0.4, -0.2) is 10.9 Å². The van der Waals surface area contributed by atoms with Crippen molar-refractivity contribution in [1.82, 2.24) is 0 Å². The number of carbonyl (C=O) groups excluding carboxylic acids is 1. The SMILES string of the molecule is O=C(c1ccc(Cl)cc1)c1coc2c(Br)c(Br)c(O)cc12. The van der Waals surface area contributed by atoms with Crippen molar-refractivity contribution in [3.63, 3.8) is 0 Å². The quantitative estimate of drug-likeness (QED) is 0.543. The highest BCUT2D eigenvalue weighted by molar-refractivity contribution is 9.13. The number of halogens is 3. The molecule has 0 radical (unpaired) electrons. The van der Waals surface area contributed by atoms with Crippen molar-refractivity contribution in [2.24, 2.45) is 0 Å². The van der Waals surface area contributed by atoms with E-state index in [9.17, 15) is 9.90 Å². The van der Waals surface area contributed by atoms with Crippen molar-refractivity contribution in [1.29, 1.82) is 0 Å². The van der Waals surface area contributed by atoms with E-state index in [0.29, 0.717) is 36.1 Å². The van der Waals surface area contributed by atoms with Crippen LogP contribution < -0.4 is 0 Å². The average molecular weight is 430 g/mol. The Morgan fingerprint density at radius 1 is 1.14 bits per heavy atom. The molecule has 0 atom stereocenters. The molecule has 0 amide bonds. The van der Waals surface area contributed by atoms with Gasteiger partial charge in [-0.1, -0.05) is 11.6 Å². The Morgan fingerprint density at radius 2 is 1.81 bits per heavy atom. The summed E-state index contributed by atoms with van der Waals surface area (Å²) in [7, 11) is 0. The maximum Gasteiger partial charge on any atom is 0.196 e. The summed E-state index contributed by atoms with van der Waals surface area (Å²) in [6.45, 7) is 0. The first-order valence-corrected chi connectivity index (χ1v) is 7.84. The molecular formula is C15H7Br2ClO3. The molecule has 0 saturated heterocycles. The molecule has 3 aromatic rings. The molecule has 2 aromatic carbocycles. The number of aromatic hydroxyl groups is 1. The number of fused-ring (bicyclic) bond motifs is 1. The maximum atomic E-state index is 12.5. The van der Waals surface area contributed by atoms with Gasteiger partial charge in [-0.15, -0.1) is 0 Å². The third kappa shape index (κ3) is 2.50. The van der Waals surface area contributed by atoms with Crippen LogP contribution in [0.25, 0.3) is 11.0 Å². The van der Waals surface area contributed by atoms with Crippen molar-refractivity contribution in [3.8, 4) is 5.75 Å². The van der Waals surface area contributed by atoms with E-state index in [1.807, 2.05) is 0 Å². The van der Waals surface area contributed by atoms with Gasteiger partial charge in [0.25, 0.3) is 0 Å². The molecular weight excluding hydrogens is 423 g/mol. The average Bonchev–Trinajstić information content (AvgIpc) is 2.88. The molecule has 0 fully saturated rings. The Kier molecular flexibility index (Phi) is 3.82. The number of carbonyl (C=O) groups is 1. The van der Waals surface area contributed by atoms with E-state index < -0.39 is 0 Å². The van der Waals surface area contributed by atoms with Crippen LogP contribution in [0.2, 0.25) is 5.02 Å². The van der Waals surface area contributed by atoms with Gasteiger partial charge in [0.2, 0.25) is 0 Å². The van der Waals surface area contributed by atoms with Gasteiger partial charge in [-0.25, -0.2) is 0 Å². The van der Waals surface area contributed by atoms with Crippen LogP contribution in [-0.2, 0) is 0 Å². The lowest BCUT2D eigenvalue weighted by atomic mass is 10.0. The topological polar surface area (TPSA) is 50.4 Å². The second kappa shape index (κ2) is 5.48. The van der Waals surface area contributed by atoms with Crippen LogP contribution in [0.3, 0.4) is 0 Å². The molecule has 1 aromatic heterocycles. The lowest BCUT2D eigenvalue weighted by Gasteiger charge is -2.02. The minimum Gasteiger partial charge on any atom is -0.507 e. The summed E-state index contributed by atoms with van der Waals surface area (Å²) in [5.74, 6) is -0.167. The third-order valence-corrected chi connectivity index (χ3v) is 5.42. The largest absolute Gasteiger partial charge is 0.507 e. The molecule has 6 heteroatoms. The van der Waals surface area contributed by atoms with E-state index in [-0.39, 0.29) is 11.5 Å². The van der Waals surface area contributed by atoms with Gasteiger partial charge in [0, 0.05) is 16.0 Å². The highest BCUT2D eigenvalue weighted by atomic mass is 79.9. The minimum atomic E-state index is -0.195. The Hall–Kier alpha value is -1.30. The highest BCUT2D eigenvalue weighted by Crippen LogP contribution is 2.40. The smallest absolute Gasteiger partial charge is 0.196 e. The molecule has 0 aliphatic heterocycles. The Labute approximate surface area is 141 Å². The Morgan fingerprint density at radius 3 is 2.48 bits per heavy atom. The summed E-state index contributed by atoms with van der Waals surface area (Å²) < 4.78 is 6.49. The van der Waals surface area contributed by atoms with Gasteiger partial charge < -0.3 is 9.52 Å². The summed E-state index contributed by atoms with van der Waals surface area (Å²) in [6.07, 6.45) is 1.39. The number of furan rings is 1. The number of hydrogen-bond donors (Lipinski definition) is 1. The lowest BCUT2D eigenvalue weighted by Crippen LogP contribution is -1.99. The van der Waals surface area contributed by atoms with Gasteiger partial charge in [-0.2, -0.15) is 0 Å². The molecule has 0 aliphatic carbocycles. The van der Waals surface area contributed by atoms with E-state index in [4.69, 9.17) is 16.0 Å². The van der Waals surface area contributed by atoms with Crippen LogP contribution >= 0.6 is 43.5 Å². The first-order chi connectivity index (χ1) is 9.99. The van der Waals surface area contributed by atoms with Crippen molar-refractivity contribution in [2.45, 2.75) is 0 Å². The van der Waals surface area contributed by atoms with Gasteiger partial charge in [0.15, 0.2) is 5.78 Å². The normalized spacial score (nSPS) is 11.0. The predicted octanol–water partition coefficient (Wildman–Crippen LogP) is 5.55. The summed E-state index contributed by atoms with van der Waals surface area (Å²) in [5.41, 5.74) is 1.38. The number of ketones is 1. The predicted molar refractivity (Wildman–Crippen MR) is 88.2 cm³/mol. The lowest BCUT2D eigenvalue weighted by molar-refractivity contribution is 0.103. The van der Waals surface area contributed by atoms with Gasteiger partial charge in [-0.3, -0.25) is 4.79 Å². The Balaban J connectivity index is 2.17. The zero-order chi connectivity index (χ0) is 15.1. The molecule has 0 unspecified atom stereocenters. The molecule has 3 nitrogen and oxygen atoms in total. The summed E-state index contributed by atoms with van der Waals surface area (Å²) in [5, 5.41) is 11.0. The summed E-state index contributed by atoms with van der Waals surface area (Å²) in [6, 6.07) is 8.10. The van der Waals surface area contributed by atoms with Crippen LogP contribution in [0.15, 0.2) is 50.0 Å². The molecule has 0 bridgehead atoms. The molecule has 1 heterocycles. The fraction of sp³-hybridized carbons (Fsp3) is 0. The monoisotopic (exact) mass is 428 g/mol. The van der Waals surface area contributed by atoms with Crippen molar-refractivity contribution < 1.29 is 14.3 Å². The van der Waals surface area contributed by atoms with E-state index in [1.54, 1.807) is 24.3 Å². The summed E-state index contributed by atoms with van der Waals surface area (Å²) >= 11 is 12.4. The van der Waals surface area contributed by atoms with Crippen LogP contribution in [0, 0.1) is 0 Å². The number of phenolic OH excluding ortho intramolecular Hbond substituents is 1. The number of rotatable bonds is 2. The van der Waals surface area contributed by atoms with Crippen LogP contribution in [0.4, 0.5) is 0 Å². The highest BCUT2D eigenvalue weighted by Gasteiger charge is 2.20. The van der Waals surface area contributed by atoms with Gasteiger partial charge in [0.1, 0.15) is 17.6 Å². The van der Waals surface area contributed by atoms with Crippen molar-refractivity contribution in [3.05, 3.63) is 61.7 Å². The molecule has 3 rings (SSSR count). The minimum absolute atomic E-state index is 0.0286. The van der Waals surface area contributed by atoms with Crippen LogP contribution in [0.5, 0.6) is 5.75 Å². The number of phenols is 1. The molecule has 0 aliphatic rings.